The Morgan fingerprint density at radius 1 is 1.14 bits per heavy atom. The summed E-state index contributed by atoms with van der Waals surface area (Å²) in [5.41, 5.74) is 5.01. The molecule has 0 spiro atoms. The predicted molar refractivity (Wildman–Crippen MR) is 115 cm³/mol. The first-order valence-electron chi connectivity index (χ1n) is 9.46. The lowest BCUT2D eigenvalue weighted by atomic mass is 9.95. The van der Waals surface area contributed by atoms with Crippen LogP contribution in [0.4, 0.5) is 5.69 Å². The van der Waals surface area contributed by atoms with Gasteiger partial charge in [-0.15, -0.1) is 0 Å². The number of hydrogen-bond acceptors (Lipinski definition) is 2. The van der Waals surface area contributed by atoms with Gasteiger partial charge < -0.3 is 15.2 Å². The van der Waals surface area contributed by atoms with E-state index in [2.05, 4.69) is 26.2 Å². The number of nitrogens with zero attached hydrogens (tertiary/aromatic N) is 1. The Hall–Kier alpha value is -2.60. The predicted octanol–water partition coefficient (Wildman–Crippen LogP) is 4.52. The largest absolute Gasteiger partial charge is 0.358 e. The van der Waals surface area contributed by atoms with Gasteiger partial charge in [0.25, 0.3) is 5.91 Å². The zero-order chi connectivity index (χ0) is 19.7. The minimum atomic E-state index is -0.233. The highest BCUT2D eigenvalue weighted by atomic mass is 79.9. The highest BCUT2D eigenvalue weighted by molar-refractivity contribution is 9.10. The number of halogens is 1. The van der Waals surface area contributed by atoms with E-state index >= 15 is 0 Å². The quantitative estimate of drug-likeness (QED) is 0.627. The third-order valence-corrected chi connectivity index (χ3v) is 5.91. The molecular weight excluding hydrogens is 418 g/mol. The lowest BCUT2D eigenvalue weighted by molar-refractivity contribution is -0.116. The SMILES string of the molecule is CN(CC(=O)Nc1ccccc1Br)C(=O)c1ccc2[nH]c3c(c2c1)CCCC3. The standard InChI is InChI=1S/C22H22BrN3O2/c1-26(13-21(27)25-20-9-5-3-7-17(20)23)22(28)14-10-11-19-16(12-14)15-6-2-4-8-18(15)24-19/h3,5,7,9-12,24H,2,4,6,8,13H2,1H3,(H,25,27). The number of carbonyl (C=O) groups is 2. The summed E-state index contributed by atoms with van der Waals surface area (Å²) >= 11 is 3.41. The number of likely N-dealkylation sites (N-methyl/N-ethyl adjacent to an activating group) is 1. The third kappa shape index (κ3) is 3.69. The topological polar surface area (TPSA) is 65.2 Å². The summed E-state index contributed by atoms with van der Waals surface area (Å²) in [6.45, 7) is -0.0105. The summed E-state index contributed by atoms with van der Waals surface area (Å²) in [4.78, 5) is 30.1. The smallest absolute Gasteiger partial charge is 0.254 e. The fourth-order valence-corrected chi connectivity index (χ4v) is 4.18. The summed E-state index contributed by atoms with van der Waals surface area (Å²) in [6.07, 6.45) is 4.52. The number of nitrogens with one attached hydrogen (secondary N) is 2. The van der Waals surface area contributed by atoms with E-state index in [1.54, 1.807) is 7.05 Å². The number of rotatable bonds is 4. The minimum Gasteiger partial charge on any atom is -0.358 e. The van der Waals surface area contributed by atoms with Crippen LogP contribution in [-0.2, 0) is 17.6 Å². The molecule has 0 saturated carbocycles. The highest BCUT2D eigenvalue weighted by Crippen LogP contribution is 2.30. The summed E-state index contributed by atoms with van der Waals surface area (Å²) in [6, 6.07) is 13.2. The highest BCUT2D eigenvalue weighted by Gasteiger charge is 2.19. The van der Waals surface area contributed by atoms with Gasteiger partial charge in [0, 0.05) is 33.7 Å². The number of aryl methyl sites for hydroxylation is 2. The molecule has 2 amide bonds. The summed E-state index contributed by atoms with van der Waals surface area (Å²) in [5, 5.41) is 3.96. The number of aromatic amines is 1. The van der Waals surface area contributed by atoms with E-state index in [0.717, 1.165) is 28.2 Å². The van der Waals surface area contributed by atoms with Crippen LogP contribution < -0.4 is 5.32 Å². The molecule has 0 atom stereocenters. The second-order valence-electron chi connectivity index (χ2n) is 7.24. The van der Waals surface area contributed by atoms with Gasteiger partial charge in [-0.3, -0.25) is 9.59 Å². The van der Waals surface area contributed by atoms with Gasteiger partial charge in [-0.05, 0) is 77.5 Å². The molecule has 2 N–H and O–H groups in total. The van der Waals surface area contributed by atoms with Crippen molar-refractivity contribution in [2.45, 2.75) is 25.7 Å². The van der Waals surface area contributed by atoms with Crippen LogP contribution in [0.2, 0.25) is 0 Å². The Labute approximate surface area is 172 Å². The van der Waals surface area contributed by atoms with Crippen molar-refractivity contribution in [3.8, 4) is 0 Å². The van der Waals surface area contributed by atoms with Crippen LogP contribution in [0.25, 0.3) is 10.9 Å². The second kappa shape index (κ2) is 7.80. The number of carbonyl (C=O) groups excluding carboxylic acids is 2. The number of hydrogen-bond donors (Lipinski definition) is 2. The van der Waals surface area contributed by atoms with Crippen LogP contribution in [0.15, 0.2) is 46.9 Å². The Balaban J connectivity index is 1.49. The van der Waals surface area contributed by atoms with Crippen LogP contribution in [0.3, 0.4) is 0 Å². The van der Waals surface area contributed by atoms with Crippen molar-refractivity contribution in [1.29, 1.82) is 0 Å². The zero-order valence-corrected chi connectivity index (χ0v) is 17.3. The molecule has 0 saturated heterocycles. The minimum absolute atomic E-state index is 0.0105. The number of fused-ring (bicyclic) bond motifs is 3. The lowest BCUT2D eigenvalue weighted by Crippen LogP contribution is -2.35. The van der Waals surface area contributed by atoms with Gasteiger partial charge in [0.05, 0.1) is 12.2 Å². The van der Waals surface area contributed by atoms with Crippen LogP contribution in [-0.4, -0.2) is 35.3 Å². The van der Waals surface area contributed by atoms with E-state index in [-0.39, 0.29) is 18.4 Å². The molecule has 0 aliphatic heterocycles. The van der Waals surface area contributed by atoms with E-state index < -0.39 is 0 Å². The molecule has 1 aromatic heterocycles. The molecule has 144 valence electrons. The van der Waals surface area contributed by atoms with Gasteiger partial charge in [0.1, 0.15) is 0 Å². The first-order valence-corrected chi connectivity index (χ1v) is 10.3. The fraction of sp³-hybridized carbons (Fsp3) is 0.273. The monoisotopic (exact) mass is 439 g/mol. The summed E-state index contributed by atoms with van der Waals surface area (Å²) in [7, 11) is 1.65. The van der Waals surface area contributed by atoms with E-state index in [0.29, 0.717) is 11.3 Å². The maximum Gasteiger partial charge on any atom is 0.254 e. The molecule has 1 aliphatic rings. The molecular formula is C22H22BrN3O2. The number of amides is 2. The van der Waals surface area contributed by atoms with Gasteiger partial charge in [-0.1, -0.05) is 12.1 Å². The zero-order valence-electron chi connectivity index (χ0n) is 15.7. The van der Waals surface area contributed by atoms with E-state index in [1.807, 2.05) is 42.5 Å². The number of H-pyrrole nitrogens is 1. The molecule has 0 bridgehead atoms. The molecule has 2 aromatic carbocycles. The van der Waals surface area contributed by atoms with Crippen molar-refractivity contribution in [3.63, 3.8) is 0 Å². The number of aromatic nitrogens is 1. The van der Waals surface area contributed by atoms with Crippen molar-refractivity contribution in [2.75, 3.05) is 18.9 Å². The first-order chi connectivity index (χ1) is 13.5. The molecule has 0 fully saturated rings. The van der Waals surface area contributed by atoms with E-state index in [1.165, 1.54) is 29.0 Å². The van der Waals surface area contributed by atoms with Crippen LogP contribution in [0.5, 0.6) is 0 Å². The maximum absolute atomic E-state index is 12.9. The summed E-state index contributed by atoms with van der Waals surface area (Å²) in [5.74, 6) is -0.391. The molecule has 6 heteroatoms. The molecule has 28 heavy (non-hydrogen) atoms. The molecule has 0 radical (unpaired) electrons. The molecule has 3 aromatic rings. The number of anilines is 1. The first kappa shape index (κ1) is 18.7. The van der Waals surface area contributed by atoms with E-state index in [9.17, 15) is 9.59 Å². The normalized spacial score (nSPS) is 13.2. The van der Waals surface area contributed by atoms with Crippen molar-refractivity contribution in [1.82, 2.24) is 9.88 Å². The molecule has 1 aliphatic carbocycles. The van der Waals surface area contributed by atoms with Gasteiger partial charge in [0.15, 0.2) is 0 Å². The molecule has 1 heterocycles. The maximum atomic E-state index is 12.9. The Kier molecular flexibility index (Phi) is 5.22. The van der Waals surface area contributed by atoms with Crippen LogP contribution in [0, 0.1) is 0 Å². The Bertz CT molecular complexity index is 1060. The fourth-order valence-electron chi connectivity index (χ4n) is 3.80. The summed E-state index contributed by atoms with van der Waals surface area (Å²) < 4.78 is 0.806. The van der Waals surface area contributed by atoms with Crippen molar-refractivity contribution >= 4 is 44.3 Å². The van der Waals surface area contributed by atoms with Gasteiger partial charge in [0.2, 0.25) is 5.91 Å². The van der Waals surface area contributed by atoms with Gasteiger partial charge in [-0.25, -0.2) is 0 Å². The Morgan fingerprint density at radius 3 is 2.75 bits per heavy atom. The van der Waals surface area contributed by atoms with E-state index in [4.69, 9.17) is 0 Å². The Morgan fingerprint density at radius 2 is 1.93 bits per heavy atom. The average molecular weight is 440 g/mol. The third-order valence-electron chi connectivity index (χ3n) is 5.22. The van der Waals surface area contributed by atoms with Gasteiger partial charge in [-0.2, -0.15) is 0 Å². The van der Waals surface area contributed by atoms with Crippen LogP contribution >= 0.6 is 15.9 Å². The van der Waals surface area contributed by atoms with Crippen molar-refractivity contribution in [3.05, 3.63) is 63.8 Å². The lowest BCUT2D eigenvalue weighted by Gasteiger charge is -2.17. The number of benzene rings is 2. The second-order valence-corrected chi connectivity index (χ2v) is 8.09. The van der Waals surface area contributed by atoms with Crippen LogP contribution in [0.1, 0.15) is 34.5 Å². The average Bonchev–Trinajstić information content (AvgIpc) is 3.07. The molecule has 5 nitrogen and oxygen atoms in total. The van der Waals surface area contributed by atoms with Gasteiger partial charge >= 0.3 is 0 Å². The van der Waals surface area contributed by atoms with Crippen molar-refractivity contribution in [2.24, 2.45) is 0 Å². The molecule has 0 unspecified atom stereocenters. The van der Waals surface area contributed by atoms with Crippen molar-refractivity contribution < 1.29 is 9.59 Å². The molecule has 4 rings (SSSR count). The number of para-hydroxylation sites is 1.